The number of nitrogens with one attached hydrogen (secondary N) is 1. The molecule has 1 N–H and O–H groups in total. The molecule has 0 unspecified atom stereocenters. The highest BCUT2D eigenvalue weighted by Gasteiger charge is 2.16. The molecule has 0 aliphatic carbocycles. The summed E-state index contributed by atoms with van der Waals surface area (Å²) in [6.45, 7) is 6.65. The smallest absolute Gasteiger partial charge is 0.270 e. The van der Waals surface area contributed by atoms with Crippen molar-refractivity contribution in [2.45, 2.75) is 31.4 Å². The van der Waals surface area contributed by atoms with Crippen LogP contribution in [0.3, 0.4) is 0 Å². The summed E-state index contributed by atoms with van der Waals surface area (Å²) in [4.78, 5) is 12.3. The van der Waals surface area contributed by atoms with Crippen molar-refractivity contribution in [1.82, 2.24) is 5.32 Å². The van der Waals surface area contributed by atoms with Crippen molar-refractivity contribution in [1.29, 1.82) is 0 Å². The van der Waals surface area contributed by atoms with Crippen molar-refractivity contribution in [3.63, 3.8) is 0 Å². The zero-order valence-electron chi connectivity index (χ0n) is 10.5. The molecule has 1 amide bonds. The maximum absolute atomic E-state index is 11.6. The number of hydrogen-bond acceptors (Lipinski definition) is 4. The fraction of sp³-hybridized carbons (Fsp3) is 0.545. The molecule has 4 nitrogen and oxygen atoms in total. The molecule has 0 aliphatic heterocycles. The quantitative estimate of drug-likeness (QED) is 0.869. The minimum absolute atomic E-state index is 0.0236. The SMILES string of the molecule is CC(C)(C)CNC(=O)Cc1ccc(S(=O)(=O)Cl)s1. The topological polar surface area (TPSA) is 63.2 Å². The van der Waals surface area contributed by atoms with Crippen LogP contribution in [0.4, 0.5) is 0 Å². The summed E-state index contributed by atoms with van der Waals surface area (Å²) in [6.07, 6.45) is 0.174. The van der Waals surface area contributed by atoms with Gasteiger partial charge in [-0.25, -0.2) is 8.42 Å². The van der Waals surface area contributed by atoms with Crippen LogP contribution in [0, 0.1) is 5.41 Å². The summed E-state index contributed by atoms with van der Waals surface area (Å²) in [7, 11) is 1.52. The average molecular weight is 310 g/mol. The van der Waals surface area contributed by atoms with Gasteiger partial charge in [-0.15, -0.1) is 11.3 Å². The molecule has 18 heavy (non-hydrogen) atoms. The van der Waals surface area contributed by atoms with Crippen LogP contribution in [0.25, 0.3) is 0 Å². The first-order valence-corrected chi connectivity index (χ1v) is 8.50. The summed E-state index contributed by atoms with van der Waals surface area (Å²) < 4.78 is 22.2. The lowest BCUT2D eigenvalue weighted by Crippen LogP contribution is -2.33. The van der Waals surface area contributed by atoms with Gasteiger partial charge in [0.2, 0.25) is 5.91 Å². The van der Waals surface area contributed by atoms with E-state index in [0.717, 1.165) is 11.3 Å². The minimum atomic E-state index is -3.69. The van der Waals surface area contributed by atoms with E-state index in [-0.39, 0.29) is 22.0 Å². The molecule has 0 atom stereocenters. The van der Waals surface area contributed by atoms with Gasteiger partial charge in [-0.3, -0.25) is 4.79 Å². The molecule has 0 saturated carbocycles. The zero-order valence-corrected chi connectivity index (χ0v) is 12.9. The highest BCUT2D eigenvalue weighted by Crippen LogP contribution is 2.25. The third-order valence-corrected chi connectivity index (χ3v) is 5.21. The molecule has 0 aliphatic rings. The van der Waals surface area contributed by atoms with E-state index < -0.39 is 9.05 Å². The van der Waals surface area contributed by atoms with Crippen LogP contribution in [0.2, 0.25) is 0 Å². The number of carbonyl (C=O) groups excluding carboxylic acids is 1. The molecule has 0 saturated heterocycles. The van der Waals surface area contributed by atoms with E-state index in [4.69, 9.17) is 10.7 Å². The molecule has 1 aromatic heterocycles. The van der Waals surface area contributed by atoms with Crippen LogP contribution < -0.4 is 5.32 Å². The van der Waals surface area contributed by atoms with Crippen molar-refractivity contribution in [3.05, 3.63) is 17.0 Å². The second kappa shape index (κ2) is 5.59. The Morgan fingerprint density at radius 3 is 2.44 bits per heavy atom. The second-order valence-electron chi connectivity index (χ2n) is 5.17. The van der Waals surface area contributed by atoms with E-state index in [1.54, 1.807) is 6.07 Å². The summed E-state index contributed by atoms with van der Waals surface area (Å²) in [5.74, 6) is -0.120. The van der Waals surface area contributed by atoms with Gasteiger partial charge in [0.05, 0.1) is 6.42 Å². The Kier molecular flexibility index (Phi) is 4.80. The van der Waals surface area contributed by atoms with Crippen molar-refractivity contribution < 1.29 is 13.2 Å². The molecule has 0 aromatic carbocycles. The third-order valence-electron chi connectivity index (χ3n) is 2.03. The molecule has 1 rings (SSSR count). The molecule has 0 bridgehead atoms. The van der Waals surface area contributed by atoms with Crippen LogP contribution >= 0.6 is 22.0 Å². The average Bonchev–Trinajstić information content (AvgIpc) is 2.61. The molecular weight excluding hydrogens is 294 g/mol. The fourth-order valence-corrected chi connectivity index (χ4v) is 3.29. The lowest BCUT2D eigenvalue weighted by molar-refractivity contribution is -0.120. The first kappa shape index (κ1) is 15.5. The Hall–Kier alpha value is -0.590. The molecular formula is C11H16ClNO3S2. The number of hydrogen-bond donors (Lipinski definition) is 1. The Bertz CT molecular complexity index is 529. The molecule has 102 valence electrons. The number of rotatable bonds is 4. The molecule has 0 fully saturated rings. The second-order valence-corrected chi connectivity index (χ2v) is 9.13. The van der Waals surface area contributed by atoms with E-state index in [9.17, 15) is 13.2 Å². The van der Waals surface area contributed by atoms with Gasteiger partial charge in [0.15, 0.2) is 0 Å². The lowest BCUT2D eigenvalue weighted by atomic mass is 9.97. The third kappa shape index (κ3) is 5.37. The summed E-state index contributed by atoms with van der Waals surface area (Å²) in [5, 5.41) is 2.80. The van der Waals surface area contributed by atoms with Crippen LogP contribution in [-0.2, 0) is 20.3 Å². The fourth-order valence-electron chi connectivity index (χ4n) is 1.17. The van der Waals surface area contributed by atoms with E-state index in [1.165, 1.54) is 6.07 Å². The minimum Gasteiger partial charge on any atom is -0.355 e. The predicted molar refractivity (Wildman–Crippen MR) is 73.5 cm³/mol. The van der Waals surface area contributed by atoms with Crippen LogP contribution in [0.5, 0.6) is 0 Å². The summed E-state index contributed by atoms with van der Waals surface area (Å²) in [5.41, 5.74) is 0.0236. The normalized spacial score (nSPS) is 12.4. The Morgan fingerprint density at radius 2 is 2.00 bits per heavy atom. The summed E-state index contributed by atoms with van der Waals surface area (Å²) >= 11 is 1.02. The van der Waals surface area contributed by atoms with Crippen molar-refractivity contribution in [2.75, 3.05) is 6.54 Å². The standard InChI is InChI=1S/C11H16ClNO3S2/c1-11(2,3)7-13-9(14)6-8-4-5-10(17-8)18(12,15)16/h4-5H,6-7H2,1-3H3,(H,13,14). The first-order valence-electron chi connectivity index (χ1n) is 5.38. The van der Waals surface area contributed by atoms with Crippen molar-refractivity contribution in [3.8, 4) is 0 Å². The van der Waals surface area contributed by atoms with E-state index >= 15 is 0 Å². The van der Waals surface area contributed by atoms with Crippen LogP contribution in [0.1, 0.15) is 25.6 Å². The van der Waals surface area contributed by atoms with Gasteiger partial charge in [0, 0.05) is 22.1 Å². The van der Waals surface area contributed by atoms with Crippen molar-refractivity contribution >= 4 is 37.0 Å². The van der Waals surface area contributed by atoms with E-state index in [1.807, 2.05) is 20.8 Å². The van der Waals surface area contributed by atoms with Crippen LogP contribution in [0.15, 0.2) is 16.3 Å². The molecule has 1 heterocycles. The maximum atomic E-state index is 11.6. The Balaban J connectivity index is 2.58. The number of halogens is 1. The Morgan fingerprint density at radius 1 is 1.39 bits per heavy atom. The Labute approximate surface area is 116 Å². The highest BCUT2D eigenvalue weighted by molar-refractivity contribution is 8.15. The van der Waals surface area contributed by atoms with E-state index in [2.05, 4.69) is 5.32 Å². The van der Waals surface area contributed by atoms with Gasteiger partial charge >= 0.3 is 0 Å². The number of thiophene rings is 1. The van der Waals surface area contributed by atoms with Gasteiger partial charge < -0.3 is 5.32 Å². The molecule has 0 spiro atoms. The molecule has 7 heteroatoms. The maximum Gasteiger partial charge on any atom is 0.270 e. The number of carbonyl (C=O) groups is 1. The monoisotopic (exact) mass is 309 g/mol. The molecule has 0 radical (unpaired) electrons. The van der Waals surface area contributed by atoms with Gasteiger partial charge in [-0.1, -0.05) is 20.8 Å². The van der Waals surface area contributed by atoms with Crippen molar-refractivity contribution in [2.24, 2.45) is 5.41 Å². The number of amides is 1. The molecule has 1 aromatic rings. The van der Waals surface area contributed by atoms with Gasteiger partial charge in [-0.05, 0) is 17.5 Å². The van der Waals surface area contributed by atoms with Crippen LogP contribution in [-0.4, -0.2) is 20.9 Å². The van der Waals surface area contributed by atoms with Gasteiger partial charge in [0.25, 0.3) is 9.05 Å². The zero-order chi connectivity index (χ0) is 14.0. The lowest BCUT2D eigenvalue weighted by Gasteiger charge is -2.18. The highest BCUT2D eigenvalue weighted by atomic mass is 35.7. The largest absolute Gasteiger partial charge is 0.355 e. The van der Waals surface area contributed by atoms with Gasteiger partial charge in [0.1, 0.15) is 4.21 Å². The summed E-state index contributed by atoms with van der Waals surface area (Å²) in [6, 6.07) is 3.02. The first-order chi connectivity index (χ1) is 8.08. The van der Waals surface area contributed by atoms with Gasteiger partial charge in [-0.2, -0.15) is 0 Å². The van der Waals surface area contributed by atoms with E-state index in [0.29, 0.717) is 11.4 Å². The predicted octanol–water partition coefficient (Wildman–Crippen LogP) is 2.38.